The van der Waals surface area contributed by atoms with Crippen LogP contribution in [0.5, 0.6) is 5.75 Å². The summed E-state index contributed by atoms with van der Waals surface area (Å²) in [5, 5.41) is 6.56. The van der Waals surface area contributed by atoms with E-state index < -0.39 is 0 Å². The van der Waals surface area contributed by atoms with Crippen molar-refractivity contribution < 1.29 is 9.53 Å². The van der Waals surface area contributed by atoms with Crippen LogP contribution in [-0.2, 0) is 17.8 Å². The normalized spacial score (nSPS) is 11.0. The maximum Gasteiger partial charge on any atom is 0.220 e. The molecule has 2 N–H and O–H groups in total. The predicted octanol–water partition coefficient (Wildman–Crippen LogP) is 4.97. The standard InChI is InChI=1S/C24H24N2O2/c1-28-21-12-11-18-13-17(9-10-19(18)14-21)15-26-24(27)8-4-5-20-16-25-23-7-3-2-6-22(20)23/h2-3,6-7,9-14,16,25H,4-5,8,15H2,1H3,(H,26,27). The zero-order chi connectivity index (χ0) is 19.3. The Kier molecular flexibility index (Phi) is 5.29. The topological polar surface area (TPSA) is 54.1 Å². The number of H-pyrrole nitrogens is 1. The summed E-state index contributed by atoms with van der Waals surface area (Å²) in [6, 6.07) is 20.5. The molecule has 0 aliphatic heterocycles. The van der Waals surface area contributed by atoms with Gasteiger partial charge in [0.1, 0.15) is 5.75 Å². The van der Waals surface area contributed by atoms with Gasteiger partial charge < -0.3 is 15.0 Å². The van der Waals surface area contributed by atoms with Crippen molar-refractivity contribution in [3.63, 3.8) is 0 Å². The Hall–Kier alpha value is -3.27. The molecule has 1 aromatic heterocycles. The van der Waals surface area contributed by atoms with Gasteiger partial charge in [0.15, 0.2) is 0 Å². The van der Waals surface area contributed by atoms with Crippen LogP contribution in [0.15, 0.2) is 66.9 Å². The Morgan fingerprint density at radius 2 is 1.86 bits per heavy atom. The summed E-state index contributed by atoms with van der Waals surface area (Å²) in [6.07, 6.45) is 4.32. The lowest BCUT2D eigenvalue weighted by molar-refractivity contribution is -0.121. The minimum Gasteiger partial charge on any atom is -0.497 e. The number of carbonyl (C=O) groups is 1. The van der Waals surface area contributed by atoms with E-state index in [0.29, 0.717) is 13.0 Å². The van der Waals surface area contributed by atoms with Gasteiger partial charge >= 0.3 is 0 Å². The van der Waals surface area contributed by atoms with Gasteiger partial charge in [0.2, 0.25) is 5.91 Å². The molecule has 0 atom stereocenters. The van der Waals surface area contributed by atoms with Gasteiger partial charge in [-0.05, 0) is 59.0 Å². The molecule has 0 unspecified atom stereocenters. The maximum absolute atomic E-state index is 12.2. The molecule has 4 aromatic rings. The number of para-hydroxylation sites is 1. The first-order valence-electron chi connectivity index (χ1n) is 9.61. The van der Waals surface area contributed by atoms with Crippen molar-refractivity contribution in [3.8, 4) is 5.75 Å². The molecule has 0 fully saturated rings. The molecule has 28 heavy (non-hydrogen) atoms. The number of nitrogens with one attached hydrogen (secondary N) is 2. The molecule has 4 nitrogen and oxygen atoms in total. The van der Waals surface area contributed by atoms with E-state index in [2.05, 4.69) is 34.6 Å². The number of amides is 1. The first-order chi connectivity index (χ1) is 13.7. The zero-order valence-electron chi connectivity index (χ0n) is 16.0. The fourth-order valence-electron chi connectivity index (χ4n) is 3.58. The summed E-state index contributed by atoms with van der Waals surface area (Å²) in [6.45, 7) is 0.549. The molecule has 0 aliphatic rings. The Morgan fingerprint density at radius 1 is 1.04 bits per heavy atom. The highest BCUT2D eigenvalue weighted by Crippen LogP contribution is 2.22. The molecular weight excluding hydrogens is 348 g/mol. The third-order valence-electron chi connectivity index (χ3n) is 5.13. The van der Waals surface area contributed by atoms with E-state index in [0.717, 1.165) is 40.4 Å². The molecule has 1 heterocycles. The van der Waals surface area contributed by atoms with Crippen molar-refractivity contribution in [1.82, 2.24) is 10.3 Å². The van der Waals surface area contributed by atoms with Crippen LogP contribution in [0.25, 0.3) is 21.7 Å². The SMILES string of the molecule is COc1ccc2cc(CNC(=O)CCCc3c[nH]c4ccccc34)ccc2c1. The number of benzene rings is 3. The molecule has 0 radical (unpaired) electrons. The van der Waals surface area contributed by atoms with E-state index in [1.54, 1.807) is 7.11 Å². The second-order valence-corrected chi connectivity index (χ2v) is 7.04. The average Bonchev–Trinajstić information content (AvgIpc) is 3.15. The van der Waals surface area contributed by atoms with Crippen LogP contribution < -0.4 is 10.1 Å². The first-order valence-corrected chi connectivity index (χ1v) is 9.61. The van der Waals surface area contributed by atoms with E-state index in [1.165, 1.54) is 10.9 Å². The molecule has 0 bridgehead atoms. The van der Waals surface area contributed by atoms with Crippen LogP contribution in [0.2, 0.25) is 0 Å². The van der Waals surface area contributed by atoms with Gasteiger partial charge in [0.05, 0.1) is 7.11 Å². The largest absolute Gasteiger partial charge is 0.497 e. The van der Waals surface area contributed by atoms with Crippen LogP contribution in [0, 0.1) is 0 Å². The fraction of sp³-hybridized carbons (Fsp3) is 0.208. The van der Waals surface area contributed by atoms with Crippen LogP contribution in [0.3, 0.4) is 0 Å². The number of aryl methyl sites for hydroxylation is 1. The minimum absolute atomic E-state index is 0.0923. The average molecular weight is 372 g/mol. The molecule has 4 heteroatoms. The highest BCUT2D eigenvalue weighted by Gasteiger charge is 2.06. The summed E-state index contributed by atoms with van der Waals surface area (Å²) in [4.78, 5) is 15.5. The number of carbonyl (C=O) groups excluding carboxylic acids is 1. The minimum atomic E-state index is 0.0923. The van der Waals surface area contributed by atoms with Crippen molar-refractivity contribution >= 4 is 27.6 Å². The van der Waals surface area contributed by atoms with Crippen molar-refractivity contribution in [2.24, 2.45) is 0 Å². The first kappa shape index (κ1) is 18.1. The molecule has 0 saturated carbocycles. The molecule has 0 saturated heterocycles. The van der Waals surface area contributed by atoms with Crippen LogP contribution in [-0.4, -0.2) is 18.0 Å². The highest BCUT2D eigenvalue weighted by atomic mass is 16.5. The number of aromatic amines is 1. The van der Waals surface area contributed by atoms with Crippen LogP contribution in [0.4, 0.5) is 0 Å². The Labute approximate surface area is 164 Å². The molecule has 0 spiro atoms. The van der Waals surface area contributed by atoms with Crippen molar-refractivity contribution in [2.75, 3.05) is 7.11 Å². The number of aromatic nitrogens is 1. The number of rotatable bonds is 7. The fourth-order valence-corrected chi connectivity index (χ4v) is 3.58. The van der Waals surface area contributed by atoms with Gasteiger partial charge in [0, 0.05) is 30.1 Å². The number of hydrogen-bond acceptors (Lipinski definition) is 2. The third kappa shape index (κ3) is 4.01. The van der Waals surface area contributed by atoms with Gasteiger partial charge in [-0.2, -0.15) is 0 Å². The van der Waals surface area contributed by atoms with Gasteiger partial charge in [-0.15, -0.1) is 0 Å². The van der Waals surface area contributed by atoms with E-state index in [9.17, 15) is 4.79 Å². The van der Waals surface area contributed by atoms with Crippen LogP contribution in [0.1, 0.15) is 24.0 Å². The Balaban J connectivity index is 1.29. The Bertz CT molecular complexity index is 1110. The number of ether oxygens (including phenoxy) is 1. The van der Waals surface area contributed by atoms with E-state index in [1.807, 2.05) is 42.6 Å². The molecule has 1 amide bonds. The second-order valence-electron chi connectivity index (χ2n) is 7.04. The lowest BCUT2D eigenvalue weighted by Gasteiger charge is -2.08. The summed E-state index contributed by atoms with van der Waals surface area (Å²) in [7, 11) is 1.67. The summed E-state index contributed by atoms with van der Waals surface area (Å²) in [5.74, 6) is 0.943. The summed E-state index contributed by atoms with van der Waals surface area (Å²) in [5.41, 5.74) is 3.52. The van der Waals surface area contributed by atoms with Gasteiger partial charge in [-0.3, -0.25) is 4.79 Å². The highest BCUT2D eigenvalue weighted by molar-refractivity contribution is 5.85. The number of methoxy groups -OCH3 is 1. The van der Waals surface area contributed by atoms with Crippen molar-refractivity contribution in [3.05, 3.63) is 78.0 Å². The summed E-state index contributed by atoms with van der Waals surface area (Å²) < 4.78 is 5.26. The molecule has 3 aromatic carbocycles. The van der Waals surface area contributed by atoms with E-state index >= 15 is 0 Å². The van der Waals surface area contributed by atoms with Gasteiger partial charge in [0.25, 0.3) is 0 Å². The van der Waals surface area contributed by atoms with E-state index in [4.69, 9.17) is 4.74 Å². The quantitative estimate of drug-likeness (QED) is 0.481. The Morgan fingerprint density at radius 3 is 2.75 bits per heavy atom. The second kappa shape index (κ2) is 8.17. The molecule has 4 rings (SSSR count). The van der Waals surface area contributed by atoms with Crippen molar-refractivity contribution in [1.29, 1.82) is 0 Å². The predicted molar refractivity (Wildman–Crippen MR) is 114 cm³/mol. The van der Waals surface area contributed by atoms with Gasteiger partial charge in [-0.25, -0.2) is 0 Å². The molecule has 142 valence electrons. The summed E-state index contributed by atoms with van der Waals surface area (Å²) >= 11 is 0. The maximum atomic E-state index is 12.2. The number of fused-ring (bicyclic) bond motifs is 2. The van der Waals surface area contributed by atoms with E-state index in [-0.39, 0.29) is 5.91 Å². The smallest absolute Gasteiger partial charge is 0.220 e. The number of hydrogen-bond donors (Lipinski definition) is 2. The van der Waals surface area contributed by atoms with Crippen LogP contribution >= 0.6 is 0 Å². The van der Waals surface area contributed by atoms with Gasteiger partial charge in [-0.1, -0.05) is 36.4 Å². The molecular formula is C24H24N2O2. The lowest BCUT2D eigenvalue weighted by atomic mass is 10.1. The van der Waals surface area contributed by atoms with Crippen molar-refractivity contribution in [2.45, 2.75) is 25.8 Å². The third-order valence-corrected chi connectivity index (χ3v) is 5.13. The zero-order valence-corrected chi connectivity index (χ0v) is 16.0. The monoisotopic (exact) mass is 372 g/mol. The molecule has 0 aliphatic carbocycles. The lowest BCUT2D eigenvalue weighted by Crippen LogP contribution is -2.22.